The molecule has 0 bridgehead atoms. The van der Waals surface area contributed by atoms with Crippen LogP contribution in [0.15, 0.2) is 36.5 Å². The first-order valence-corrected chi connectivity index (χ1v) is 12.0. The minimum atomic E-state index is -0.191. The van der Waals surface area contributed by atoms with Crippen molar-refractivity contribution in [1.82, 2.24) is 15.2 Å². The number of hydrogen-bond donors (Lipinski definition) is 1. The maximum Gasteiger partial charge on any atom is 0.270 e. The fourth-order valence-electron chi connectivity index (χ4n) is 4.36. The van der Waals surface area contributed by atoms with E-state index in [4.69, 9.17) is 14.2 Å². The fourth-order valence-corrected chi connectivity index (χ4v) is 4.36. The number of fused-ring (bicyclic) bond motifs is 1. The molecule has 2 aliphatic heterocycles. The van der Waals surface area contributed by atoms with Gasteiger partial charge in [-0.05, 0) is 55.0 Å². The molecule has 4 rings (SSSR count). The monoisotopic (exact) mass is 453 g/mol. The molecule has 1 aromatic carbocycles. The van der Waals surface area contributed by atoms with Crippen molar-refractivity contribution < 1.29 is 19.0 Å². The molecule has 0 radical (unpaired) electrons. The second-order valence-electron chi connectivity index (χ2n) is 8.92. The minimum absolute atomic E-state index is 0.0776. The molecule has 33 heavy (non-hydrogen) atoms. The number of nitrogens with zero attached hydrogens (tertiary/aromatic N) is 2. The highest BCUT2D eigenvalue weighted by Crippen LogP contribution is 2.27. The number of ether oxygens (including phenoxy) is 3. The zero-order valence-corrected chi connectivity index (χ0v) is 19.7. The Balaban J connectivity index is 1.28. The Bertz CT molecular complexity index is 910. The Morgan fingerprint density at radius 1 is 1.24 bits per heavy atom. The van der Waals surface area contributed by atoms with E-state index in [0.29, 0.717) is 30.8 Å². The molecule has 178 valence electrons. The molecular formula is C26H35N3O4. The van der Waals surface area contributed by atoms with Crippen molar-refractivity contribution in [2.45, 2.75) is 57.7 Å². The Morgan fingerprint density at radius 3 is 2.82 bits per heavy atom. The lowest BCUT2D eigenvalue weighted by molar-refractivity contribution is 0.0388. The molecule has 0 spiro atoms. The molecular weight excluding hydrogens is 418 g/mol. The molecule has 3 heterocycles. The highest BCUT2D eigenvalue weighted by atomic mass is 16.5. The summed E-state index contributed by atoms with van der Waals surface area (Å²) in [4.78, 5) is 19.4. The molecule has 1 aromatic heterocycles. The standard InChI is InChI=1S/C26H35N3O4/c1-3-4-13-32-23-7-8-24(27-16-23)26(30)28-21-15-20-6-5-19(14-25(20)33-18-21)17-29-11-9-22(31-2)10-12-29/h5-8,14,16,21-22H,3-4,9-13,15,17-18H2,1-2H3,(H,28,30)/t21-/m1/s1. The molecule has 1 N–H and O–H groups in total. The van der Waals surface area contributed by atoms with Crippen LogP contribution in [0.4, 0.5) is 0 Å². The first-order valence-electron chi connectivity index (χ1n) is 12.0. The predicted molar refractivity (Wildman–Crippen MR) is 127 cm³/mol. The van der Waals surface area contributed by atoms with Gasteiger partial charge in [-0.15, -0.1) is 0 Å². The predicted octanol–water partition coefficient (Wildman–Crippen LogP) is 3.60. The smallest absolute Gasteiger partial charge is 0.270 e. The van der Waals surface area contributed by atoms with Gasteiger partial charge in [-0.25, -0.2) is 4.98 Å². The van der Waals surface area contributed by atoms with E-state index in [1.165, 1.54) is 5.56 Å². The molecule has 0 aliphatic carbocycles. The van der Waals surface area contributed by atoms with Gasteiger partial charge in [-0.2, -0.15) is 0 Å². The number of unbranched alkanes of at least 4 members (excludes halogenated alkanes) is 1. The molecule has 2 aliphatic rings. The van der Waals surface area contributed by atoms with Crippen LogP contribution in [0.5, 0.6) is 11.5 Å². The van der Waals surface area contributed by atoms with Crippen LogP contribution >= 0.6 is 0 Å². The number of hydrogen-bond acceptors (Lipinski definition) is 6. The van der Waals surface area contributed by atoms with Gasteiger partial charge in [0.25, 0.3) is 5.91 Å². The summed E-state index contributed by atoms with van der Waals surface area (Å²) in [6.07, 6.45) is 7.00. The Labute approximate surface area is 196 Å². The summed E-state index contributed by atoms with van der Waals surface area (Å²) in [7, 11) is 1.80. The average Bonchev–Trinajstić information content (AvgIpc) is 2.85. The van der Waals surface area contributed by atoms with E-state index in [1.807, 2.05) is 0 Å². The number of piperidine rings is 1. The van der Waals surface area contributed by atoms with Crippen LogP contribution in [-0.4, -0.2) is 61.3 Å². The molecule has 1 saturated heterocycles. The normalized spacial score (nSPS) is 18.9. The third-order valence-corrected chi connectivity index (χ3v) is 6.38. The molecule has 7 heteroatoms. The lowest BCUT2D eigenvalue weighted by Gasteiger charge is -2.31. The van der Waals surface area contributed by atoms with Crippen LogP contribution in [0.2, 0.25) is 0 Å². The number of aromatic nitrogens is 1. The van der Waals surface area contributed by atoms with E-state index in [2.05, 4.69) is 40.3 Å². The number of amides is 1. The van der Waals surface area contributed by atoms with Crippen molar-refractivity contribution in [3.63, 3.8) is 0 Å². The Morgan fingerprint density at radius 2 is 2.09 bits per heavy atom. The quantitative estimate of drug-likeness (QED) is 0.585. The maximum absolute atomic E-state index is 12.6. The summed E-state index contributed by atoms with van der Waals surface area (Å²) in [5.74, 6) is 1.42. The molecule has 0 unspecified atom stereocenters. The SMILES string of the molecule is CCCCOc1ccc(C(=O)N[C@H]2COc3cc(CN4CCC(OC)CC4)ccc3C2)nc1. The van der Waals surface area contributed by atoms with E-state index in [1.54, 1.807) is 25.4 Å². The Hall–Kier alpha value is -2.64. The summed E-state index contributed by atoms with van der Waals surface area (Å²) in [5, 5.41) is 3.05. The van der Waals surface area contributed by atoms with Gasteiger partial charge in [0.1, 0.15) is 23.8 Å². The van der Waals surface area contributed by atoms with E-state index in [9.17, 15) is 4.79 Å². The third-order valence-electron chi connectivity index (χ3n) is 6.38. The van der Waals surface area contributed by atoms with Crippen molar-refractivity contribution in [3.8, 4) is 11.5 Å². The second-order valence-corrected chi connectivity index (χ2v) is 8.92. The summed E-state index contributed by atoms with van der Waals surface area (Å²) in [6, 6.07) is 9.87. The number of methoxy groups -OCH3 is 1. The second kappa shape index (κ2) is 11.5. The number of carbonyl (C=O) groups excluding carboxylic acids is 1. The van der Waals surface area contributed by atoms with Gasteiger partial charge in [0, 0.05) is 26.7 Å². The molecule has 2 aromatic rings. The van der Waals surface area contributed by atoms with Crippen LogP contribution in [0.3, 0.4) is 0 Å². The van der Waals surface area contributed by atoms with Crippen LogP contribution in [0.25, 0.3) is 0 Å². The van der Waals surface area contributed by atoms with Crippen molar-refractivity contribution in [2.24, 2.45) is 0 Å². The number of carbonyl (C=O) groups is 1. The summed E-state index contributed by atoms with van der Waals surface area (Å²) >= 11 is 0. The zero-order chi connectivity index (χ0) is 23.0. The number of rotatable bonds is 9. The van der Waals surface area contributed by atoms with Gasteiger partial charge in [0.2, 0.25) is 0 Å². The van der Waals surface area contributed by atoms with Crippen molar-refractivity contribution >= 4 is 5.91 Å². The van der Waals surface area contributed by atoms with Gasteiger partial charge < -0.3 is 19.5 Å². The van der Waals surface area contributed by atoms with E-state index in [0.717, 1.165) is 63.1 Å². The minimum Gasteiger partial charge on any atom is -0.492 e. The Kier molecular flexibility index (Phi) is 8.18. The molecule has 1 atom stereocenters. The van der Waals surface area contributed by atoms with E-state index in [-0.39, 0.29) is 11.9 Å². The third kappa shape index (κ3) is 6.45. The van der Waals surface area contributed by atoms with Gasteiger partial charge in [0.15, 0.2) is 0 Å². The van der Waals surface area contributed by atoms with Crippen LogP contribution in [0.1, 0.15) is 54.2 Å². The van der Waals surface area contributed by atoms with Crippen LogP contribution in [-0.2, 0) is 17.7 Å². The topological polar surface area (TPSA) is 72.9 Å². The van der Waals surface area contributed by atoms with Crippen LogP contribution in [0, 0.1) is 0 Å². The fraction of sp³-hybridized carbons (Fsp3) is 0.538. The van der Waals surface area contributed by atoms with E-state index < -0.39 is 0 Å². The molecule has 1 fully saturated rings. The van der Waals surface area contributed by atoms with Gasteiger partial charge in [-0.3, -0.25) is 9.69 Å². The van der Waals surface area contributed by atoms with Crippen molar-refractivity contribution in [2.75, 3.05) is 33.4 Å². The first kappa shape index (κ1) is 23.5. The number of nitrogens with one attached hydrogen (secondary N) is 1. The molecule has 0 saturated carbocycles. The number of likely N-dealkylation sites (tertiary alicyclic amines) is 1. The average molecular weight is 454 g/mol. The van der Waals surface area contributed by atoms with Gasteiger partial charge >= 0.3 is 0 Å². The lowest BCUT2D eigenvalue weighted by atomic mass is 10.00. The van der Waals surface area contributed by atoms with E-state index >= 15 is 0 Å². The highest BCUT2D eigenvalue weighted by molar-refractivity contribution is 5.92. The van der Waals surface area contributed by atoms with Gasteiger partial charge in [0.05, 0.1) is 24.9 Å². The van der Waals surface area contributed by atoms with Crippen molar-refractivity contribution in [1.29, 1.82) is 0 Å². The molecule has 7 nitrogen and oxygen atoms in total. The summed E-state index contributed by atoms with van der Waals surface area (Å²) < 4.78 is 17.1. The van der Waals surface area contributed by atoms with Crippen LogP contribution < -0.4 is 14.8 Å². The summed E-state index contributed by atoms with van der Waals surface area (Å²) in [6.45, 7) is 6.29. The number of benzene rings is 1. The lowest BCUT2D eigenvalue weighted by Crippen LogP contribution is -2.43. The first-order chi connectivity index (χ1) is 16.1. The number of pyridine rings is 1. The zero-order valence-electron chi connectivity index (χ0n) is 19.7. The maximum atomic E-state index is 12.6. The van der Waals surface area contributed by atoms with Crippen molar-refractivity contribution in [3.05, 3.63) is 53.3 Å². The largest absolute Gasteiger partial charge is 0.492 e. The highest BCUT2D eigenvalue weighted by Gasteiger charge is 2.24. The molecule has 1 amide bonds. The van der Waals surface area contributed by atoms with Gasteiger partial charge in [-0.1, -0.05) is 25.5 Å². The summed E-state index contributed by atoms with van der Waals surface area (Å²) in [5.41, 5.74) is 2.77.